The van der Waals surface area contributed by atoms with Gasteiger partial charge in [-0.15, -0.1) is 11.3 Å². The van der Waals surface area contributed by atoms with Crippen molar-refractivity contribution in [1.29, 1.82) is 0 Å². The van der Waals surface area contributed by atoms with Crippen LogP contribution in [-0.4, -0.2) is 0 Å². The molecular weight excluding hydrogens is 647 g/mol. The molecule has 9 aromatic carbocycles. The first-order valence-corrected chi connectivity index (χ1v) is 18.6. The summed E-state index contributed by atoms with van der Waals surface area (Å²) in [6, 6.07) is 73.1. The lowest BCUT2D eigenvalue weighted by Crippen LogP contribution is -2.12. The lowest BCUT2D eigenvalue weighted by molar-refractivity contribution is 1.28. The third-order valence-electron chi connectivity index (χ3n) is 10.3. The van der Waals surface area contributed by atoms with E-state index in [0.29, 0.717) is 0 Å². The molecule has 0 bridgehead atoms. The molecule has 0 amide bonds. The van der Waals surface area contributed by atoms with Crippen LogP contribution in [0, 0.1) is 0 Å². The van der Waals surface area contributed by atoms with Crippen molar-refractivity contribution in [2.75, 3.05) is 4.90 Å². The molecule has 0 aliphatic carbocycles. The van der Waals surface area contributed by atoms with Gasteiger partial charge >= 0.3 is 0 Å². The predicted molar refractivity (Wildman–Crippen MR) is 225 cm³/mol. The smallest absolute Gasteiger partial charge is 0.0540 e. The fourth-order valence-corrected chi connectivity index (χ4v) is 8.84. The summed E-state index contributed by atoms with van der Waals surface area (Å²) in [6.07, 6.45) is 0. The number of anilines is 3. The standard InChI is InChI=1S/C50H33NS/c1-2-14-37-32-38(25-24-34(37)12-1)43-17-5-8-21-47(43)51(40-29-26-36(27-30-40)42-20-11-15-35-13-3-4-16-41(35)42)48-22-9-6-18-44(48)39-28-31-50-46(33-39)45-19-7-10-23-49(45)52-50/h1-33H. The van der Waals surface area contributed by atoms with Crippen LogP contribution in [0.1, 0.15) is 0 Å². The molecule has 244 valence electrons. The SMILES string of the molecule is c1ccc(N(c2ccc(-c3cccc4ccccc34)cc2)c2ccccc2-c2ccc3sc4ccccc4c3c2)c(-c2ccc3ccccc3c2)c1. The summed E-state index contributed by atoms with van der Waals surface area (Å²) in [5.41, 5.74) is 10.6. The van der Waals surface area contributed by atoms with Crippen molar-refractivity contribution in [3.63, 3.8) is 0 Å². The van der Waals surface area contributed by atoms with Gasteiger partial charge in [0.2, 0.25) is 0 Å². The average Bonchev–Trinajstić information content (AvgIpc) is 3.59. The zero-order valence-electron chi connectivity index (χ0n) is 28.4. The van der Waals surface area contributed by atoms with Crippen LogP contribution >= 0.6 is 11.3 Å². The fraction of sp³-hybridized carbons (Fsp3) is 0. The van der Waals surface area contributed by atoms with E-state index in [-0.39, 0.29) is 0 Å². The van der Waals surface area contributed by atoms with Gasteiger partial charge in [0, 0.05) is 37.0 Å². The number of benzene rings is 9. The van der Waals surface area contributed by atoms with Gasteiger partial charge in [-0.3, -0.25) is 0 Å². The van der Waals surface area contributed by atoms with Crippen LogP contribution < -0.4 is 4.90 Å². The molecule has 1 heterocycles. The largest absolute Gasteiger partial charge is 0.309 e. The van der Waals surface area contributed by atoms with Gasteiger partial charge in [0.15, 0.2) is 0 Å². The fourth-order valence-electron chi connectivity index (χ4n) is 7.75. The molecule has 1 aromatic heterocycles. The molecular formula is C50H33NS. The molecule has 2 heteroatoms. The highest BCUT2D eigenvalue weighted by atomic mass is 32.1. The van der Waals surface area contributed by atoms with Crippen LogP contribution in [0.3, 0.4) is 0 Å². The van der Waals surface area contributed by atoms with Crippen LogP contribution in [0.4, 0.5) is 17.1 Å². The lowest BCUT2D eigenvalue weighted by atomic mass is 9.96. The third kappa shape index (κ3) is 5.24. The van der Waals surface area contributed by atoms with Gasteiger partial charge in [0.05, 0.1) is 11.4 Å². The second-order valence-corrected chi connectivity index (χ2v) is 14.4. The lowest BCUT2D eigenvalue weighted by Gasteiger charge is -2.30. The molecule has 0 radical (unpaired) electrons. The van der Waals surface area contributed by atoms with Gasteiger partial charge in [-0.05, 0) is 92.3 Å². The Labute approximate surface area is 307 Å². The van der Waals surface area contributed by atoms with Crippen molar-refractivity contribution < 1.29 is 0 Å². The Bertz CT molecular complexity index is 2910. The van der Waals surface area contributed by atoms with E-state index in [0.717, 1.165) is 17.1 Å². The Hall–Kier alpha value is -6.48. The molecule has 0 N–H and O–H groups in total. The van der Waals surface area contributed by atoms with Crippen molar-refractivity contribution in [1.82, 2.24) is 0 Å². The highest BCUT2D eigenvalue weighted by molar-refractivity contribution is 7.25. The van der Waals surface area contributed by atoms with Crippen LogP contribution in [-0.2, 0) is 0 Å². The monoisotopic (exact) mass is 679 g/mol. The molecule has 10 aromatic rings. The zero-order chi connectivity index (χ0) is 34.4. The first-order valence-electron chi connectivity index (χ1n) is 17.8. The second kappa shape index (κ2) is 12.7. The van der Waals surface area contributed by atoms with Crippen LogP contribution in [0.5, 0.6) is 0 Å². The summed E-state index contributed by atoms with van der Waals surface area (Å²) in [7, 11) is 0. The summed E-state index contributed by atoms with van der Waals surface area (Å²) >= 11 is 1.86. The van der Waals surface area contributed by atoms with Gasteiger partial charge in [0.25, 0.3) is 0 Å². The molecule has 1 nitrogen and oxygen atoms in total. The molecule has 52 heavy (non-hydrogen) atoms. The third-order valence-corrected chi connectivity index (χ3v) is 11.4. The number of para-hydroxylation sites is 2. The highest BCUT2D eigenvalue weighted by Gasteiger charge is 2.21. The van der Waals surface area contributed by atoms with Crippen molar-refractivity contribution in [3.05, 3.63) is 200 Å². The number of rotatable bonds is 6. The molecule has 0 spiro atoms. The Morgan fingerprint density at radius 2 is 0.846 bits per heavy atom. The summed E-state index contributed by atoms with van der Waals surface area (Å²) in [5.74, 6) is 0. The molecule has 0 unspecified atom stereocenters. The molecule has 0 aliphatic heterocycles. The van der Waals surface area contributed by atoms with Crippen molar-refractivity contribution in [2.24, 2.45) is 0 Å². The van der Waals surface area contributed by atoms with Crippen molar-refractivity contribution >= 4 is 70.1 Å². The Morgan fingerprint density at radius 1 is 0.308 bits per heavy atom. The van der Waals surface area contributed by atoms with E-state index >= 15 is 0 Å². The average molecular weight is 680 g/mol. The van der Waals surface area contributed by atoms with E-state index < -0.39 is 0 Å². The summed E-state index contributed by atoms with van der Waals surface area (Å²) in [4.78, 5) is 2.45. The van der Waals surface area contributed by atoms with E-state index in [4.69, 9.17) is 0 Å². The van der Waals surface area contributed by atoms with E-state index in [1.54, 1.807) is 0 Å². The van der Waals surface area contributed by atoms with Gasteiger partial charge in [-0.2, -0.15) is 0 Å². The Balaban J connectivity index is 1.18. The van der Waals surface area contributed by atoms with Gasteiger partial charge in [-0.1, -0.05) is 152 Å². The molecule has 0 saturated heterocycles. The van der Waals surface area contributed by atoms with Crippen LogP contribution in [0.2, 0.25) is 0 Å². The molecule has 0 aliphatic rings. The van der Waals surface area contributed by atoms with Gasteiger partial charge < -0.3 is 4.90 Å². The predicted octanol–water partition coefficient (Wildman–Crippen LogP) is 14.8. The molecule has 0 fully saturated rings. The number of hydrogen-bond donors (Lipinski definition) is 0. The van der Waals surface area contributed by atoms with E-state index in [1.165, 1.54) is 75.1 Å². The highest BCUT2D eigenvalue weighted by Crippen LogP contribution is 2.46. The minimum absolute atomic E-state index is 1.10. The first kappa shape index (κ1) is 30.4. The minimum Gasteiger partial charge on any atom is -0.309 e. The van der Waals surface area contributed by atoms with Gasteiger partial charge in [0.1, 0.15) is 0 Å². The second-order valence-electron chi connectivity index (χ2n) is 13.3. The zero-order valence-corrected chi connectivity index (χ0v) is 29.2. The topological polar surface area (TPSA) is 3.24 Å². The maximum Gasteiger partial charge on any atom is 0.0540 e. The molecule has 0 atom stereocenters. The van der Waals surface area contributed by atoms with Crippen molar-refractivity contribution in [3.8, 4) is 33.4 Å². The van der Waals surface area contributed by atoms with Crippen LogP contribution in [0.25, 0.3) is 75.1 Å². The summed E-state index contributed by atoms with van der Waals surface area (Å²) in [5, 5.41) is 7.60. The van der Waals surface area contributed by atoms with E-state index in [9.17, 15) is 0 Å². The quantitative estimate of drug-likeness (QED) is 0.169. The van der Waals surface area contributed by atoms with E-state index in [1.807, 2.05) is 11.3 Å². The normalized spacial score (nSPS) is 11.5. The number of thiophene rings is 1. The van der Waals surface area contributed by atoms with E-state index in [2.05, 4.69) is 205 Å². The summed E-state index contributed by atoms with van der Waals surface area (Å²) < 4.78 is 2.63. The molecule has 0 saturated carbocycles. The maximum atomic E-state index is 2.45. The number of hydrogen-bond acceptors (Lipinski definition) is 2. The number of fused-ring (bicyclic) bond motifs is 5. The minimum atomic E-state index is 1.10. The summed E-state index contributed by atoms with van der Waals surface area (Å²) in [6.45, 7) is 0. The Kier molecular flexibility index (Phi) is 7.41. The Morgan fingerprint density at radius 3 is 1.63 bits per heavy atom. The maximum absolute atomic E-state index is 2.45. The van der Waals surface area contributed by atoms with Gasteiger partial charge in [-0.25, -0.2) is 0 Å². The first-order chi connectivity index (χ1) is 25.8. The number of nitrogens with zero attached hydrogens (tertiary/aromatic N) is 1. The van der Waals surface area contributed by atoms with Crippen LogP contribution in [0.15, 0.2) is 200 Å². The molecule has 10 rings (SSSR count). The van der Waals surface area contributed by atoms with Crippen molar-refractivity contribution in [2.45, 2.75) is 0 Å².